The summed E-state index contributed by atoms with van der Waals surface area (Å²) in [6.45, 7) is 3.29. The van der Waals surface area contributed by atoms with E-state index in [1.807, 2.05) is 6.92 Å². The molecule has 3 heteroatoms. The van der Waals surface area contributed by atoms with E-state index >= 15 is 0 Å². The number of hydrogen-bond donors (Lipinski definition) is 1. The van der Waals surface area contributed by atoms with Crippen LogP contribution in [0, 0.1) is 19.3 Å². The number of nitrogens with one attached hydrogen (secondary N) is 1. The minimum atomic E-state index is -0.135. The van der Waals surface area contributed by atoms with Gasteiger partial charge in [-0.05, 0) is 18.6 Å². The van der Waals surface area contributed by atoms with E-state index in [4.69, 9.17) is 6.42 Å². The van der Waals surface area contributed by atoms with Crippen LogP contribution < -0.4 is 5.32 Å². The lowest BCUT2D eigenvalue weighted by atomic mass is 10.2. The van der Waals surface area contributed by atoms with E-state index in [1.54, 1.807) is 12.3 Å². The van der Waals surface area contributed by atoms with Crippen LogP contribution in [0.1, 0.15) is 18.1 Å². The summed E-state index contributed by atoms with van der Waals surface area (Å²) in [5.74, 6) is 2.90. The van der Waals surface area contributed by atoms with Gasteiger partial charge in [-0.25, -0.2) is 4.98 Å². The number of terminal acetylenes is 1. The topological polar surface area (TPSA) is 42.0 Å². The summed E-state index contributed by atoms with van der Waals surface area (Å²) in [7, 11) is 0. The second-order valence-electron chi connectivity index (χ2n) is 2.72. The molecule has 1 N–H and O–H groups in total. The highest BCUT2D eigenvalue weighted by molar-refractivity contribution is 5.88. The minimum absolute atomic E-state index is 0.135. The maximum Gasteiger partial charge on any atom is 0.222 e. The van der Waals surface area contributed by atoms with Crippen LogP contribution >= 0.6 is 0 Å². The maximum absolute atomic E-state index is 10.7. The van der Waals surface area contributed by atoms with E-state index in [1.165, 1.54) is 6.92 Å². The molecule has 0 aliphatic heterocycles. The zero-order valence-electron chi connectivity index (χ0n) is 7.59. The van der Waals surface area contributed by atoms with Crippen molar-refractivity contribution in [2.24, 2.45) is 0 Å². The fourth-order valence-corrected chi connectivity index (χ4v) is 0.951. The van der Waals surface area contributed by atoms with Gasteiger partial charge in [-0.3, -0.25) is 4.79 Å². The average Bonchev–Trinajstić information content (AvgIpc) is 2.08. The minimum Gasteiger partial charge on any atom is -0.311 e. The SMILES string of the molecule is C#Cc1cnc(NC(C)=O)c(C)c1. The van der Waals surface area contributed by atoms with Gasteiger partial charge in [0.05, 0.1) is 0 Å². The Morgan fingerprint density at radius 3 is 2.85 bits per heavy atom. The lowest BCUT2D eigenvalue weighted by Gasteiger charge is -2.04. The molecule has 0 saturated heterocycles. The number of nitrogens with zero attached hydrogens (tertiary/aromatic N) is 1. The number of amides is 1. The number of pyridine rings is 1. The molecule has 13 heavy (non-hydrogen) atoms. The van der Waals surface area contributed by atoms with Gasteiger partial charge < -0.3 is 5.32 Å². The Hall–Kier alpha value is -1.82. The molecule has 0 aromatic carbocycles. The zero-order chi connectivity index (χ0) is 9.84. The fourth-order valence-electron chi connectivity index (χ4n) is 0.951. The molecule has 1 aromatic rings. The molecule has 66 valence electrons. The molecule has 3 nitrogen and oxygen atoms in total. The van der Waals surface area contributed by atoms with Crippen molar-refractivity contribution in [1.29, 1.82) is 0 Å². The lowest BCUT2D eigenvalue weighted by molar-refractivity contribution is -0.114. The molecule has 0 aliphatic rings. The van der Waals surface area contributed by atoms with Crippen LogP contribution in [0.5, 0.6) is 0 Å². The molecule has 0 spiro atoms. The van der Waals surface area contributed by atoms with Crippen LogP contribution in [0.2, 0.25) is 0 Å². The standard InChI is InChI=1S/C10H10N2O/c1-4-9-5-7(2)10(11-6-9)12-8(3)13/h1,5-6H,2-3H3,(H,11,12,13). The van der Waals surface area contributed by atoms with Crippen molar-refractivity contribution in [2.45, 2.75) is 13.8 Å². The highest BCUT2D eigenvalue weighted by Crippen LogP contribution is 2.11. The number of carbonyl (C=O) groups is 1. The summed E-state index contributed by atoms with van der Waals surface area (Å²) in [6.07, 6.45) is 6.75. The first-order valence-electron chi connectivity index (χ1n) is 3.84. The first-order valence-corrected chi connectivity index (χ1v) is 3.84. The molecule has 0 unspecified atom stereocenters. The third-order valence-corrected chi connectivity index (χ3v) is 1.54. The van der Waals surface area contributed by atoms with Gasteiger partial charge in [0.25, 0.3) is 0 Å². The Balaban J connectivity index is 3.00. The van der Waals surface area contributed by atoms with Crippen molar-refractivity contribution in [1.82, 2.24) is 4.98 Å². The first-order chi connectivity index (χ1) is 6.13. The quantitative estimate of drug-likeness (QED) is 0.652. The van der Waals surface area contributed by atoms with Crippen LogP contribution in [0.25, 0.3) is 0 Å². The van der Waals surface area contributed by atoms with Crippen molar-refractivity contribution < 1.29 is 4.79 Å². The van der Waals surface area contributed by atoms with Gasteiger partial charge in [0.2, 0.25) is 5.91 Å². The van der Waals surface area contributed by atoms with Gasteiger partial charge in [-0.2, -0.15) is 0 Å². The Morgan fingerprint density at radius 2 is 2.38 bits per heavy atom. The average molecular weight is 174 g/mol. The summed E-state index contributed by atoms with van der Waals surface area (Å²) in [5.41, 5.74) is 1.58. The second-order valence-corrected chi connectivity index (χ2v) is 2.72. The molecule has 0 atom stereocenters. The molecule has 0 aliphatic carbocycles. The Labute approximate surface area is 77.2 Å². The van der Waals surface area contributed by atoms with Crippen LogP contribution in [0.3, 0.4) is 0 Å². The third-order valence-electron chi connectivity index (χ3n) is 1.54. The van der Waals surface area contributed by atoms with Crippen molar-refractivity contribution in [3.63, 3.8) is 0 Å². The maximum atomic E-state index is 10.7. The molecule has 0 radical (unpaired) electrons. The Morgan fingerprint density at radius 1 is 1.69 bits per heavy atom. The Kier molecular flexibility index (Phi) is 2.65. The summed E-state index contributed by atoms with van der Waals surface area (Å²) < 4.78 is 0. The summed E-state index contributed by atoms with van der Waals surface area (Å²) in [5, 5.41) is 2.61. The lowest BCUT2D eigenvalue weighted by Crippen LogP contribution is -2.08. The number of aromatic nitrogens is 1. The van der Waals surface area contributed by atoms with Gasteiger partial charge in [-0.1, -0.05) is 5.92 Å². The van der Waals surface area contributed by atoms with Gasteiger partial charge >= 0.3 is 0 Å². The van der Waals surface area contributed by atoms with E-state index in [0.29, 0.717) is 11.4 Å². The predicted octanol–water partition coefficient (Wildman–Crippen LogP) is 1.33. The van der Waals surface area contributed by atoms with Crippen LogP contribution in [0.4, 0.5) is 5.82 Å². The van der Waals surface area contributed by atoms with E-state index in [-0.39, 0.29) is 5.91 Å². The number of aryl methyl sites for hydroxylation is 1. The number of rotatable bonds is 1. The van der Waals surface area contributed by atoms with E-state index in [0.717, 1.165) is 5.56 Å². The van der Waals surface area contributed by atoms with Crippen LogP contribution in [-0.2, 0) is 4.79 Å². The normalized spacial score (nSPS) is 9.00. The van der Waals surface area contributed by atoms with Gasteiger partial charge in [-0.15, -0.1) is 6.42 Å². The number of hydrogen-bond acceptors (Lipinski definition) is 2. The van der Waals surface area contributed by atoms with Crippen molar-refractivity contribution in [2.75, 3.05) is 5.32 Å². The molecule has 1 rings (SSSR count). The van der Waals surface area contributed by atoms with E-state index in [9.17, 15) is 4.79 Å². The molecule has 0 fully saturated rings. The zero-order valence-corrected chi connectivity index (χ0v) is 7.59. The number of carbonyl (C=O) groups excluding carboxylic acids is 1. The van der Waals surface area contributed by atoms with Gasteiger partial charge in [0, 0.05) is 18.7 Å². The van der Waals surface area contributed by atoms with Crippen molar-refractivity contribution >= 4 is 11.7 Å². The van der Waals surface area contributed by atoms with Gasteiger partial charge in [0.1, 0.15) is 5.82 Å². The summed E-state index contributed by atoms with van der Waals surface area (Å²) in [6, 6.07) is 1.80. The van der Waals surface area contributed by atoms with Crippen LogP contribution in [0.15, 0.2) is 12.3 Å². The highest BCUT2D eigenvalue weighted by Gasteiger charge is 2.01. The molecule has 0 saturated carbocycles. The molecular formula is C10H10N2O. The largest absolute Gasteiger partial charge is 0.311 e. The van der Waals surface area contributed by atoms with E-state index in [2.05, 4.69) is 16.2 Å². The second kappa shape index (κ2) is 3.72. The number of anilines is 1. The smallest absolute Gasteiger partial charge is 0.222 e. The van der Waals surface area contributed by atoms with Crippen LogP contribution in [-0.4, -0.2) is 10.9 Å². The van der Waals surface area contributed by atoms with Crippen molar-refractivity contribution in [3.8, 4) is 12.3 Å². The fraction of sp³-hybridized carbons (Fsp3) is 0.200. The van der Waals surface area contributed by atoms with E-state index < -0.39 is 0 Å². The molecular weight excluding hydrogens is 164 g/mol. The summed E-state index contributed by atoms with van der Waals surface area (Å²) in [4.78, 5) is 14.7. The molecule has 1 aromatic heterocycles. The Bertz CT molecular complexity index is 377. The predicted molar refractivity (Wildman–Crippen MR) is 51.2 cm³/mol. The molecule has 1 heterocycles. The van der Waals surface area contributed by atoms with Gasteiger partial charge in [0.15, 0.2) is 0 Å². The monoisotopic (exact) mass is 174 g/mol. The molecule has 0 bridgehead atoms. The molecule has 1 amide bonds. The third kappa shape index (κ3) is 2.31. The highest BCUT2D eigenvalue weighted by atomic mass is 16.1. The summed E-state index contributed by atoms with van der Waals surface area (Å²) >= 11 is 0. The first kappa shape index (κ1) is 9.27. The van der Waals surface area contributed by atoms with Crippen molar-refractivity contribution in [3.05, 3.63) is 23.4 Å².